The van der Waals surface area contributed by atoms with E-state index in [1.165, 1.54) is 29.2 Å². The molecule has 7 rings (SSSR count). The van der Waals surface area contributed by atoms with Gasteiger partial charge in [0.1, 0.15) is 0 Å². The summed E-state index contributed by atoms with van der Waals surface area (Å²) in [5, 5.41) is 11.1. The number of nitrogens with zero attached hydrogens (tertiary/aromatic N) is 1. The largest absolute Gasteiger partial charge is 0.545 e. The summed E-state index contributed by atoms with van der Waals surface area (Å²) in [6, 6.07) is 21.9. The van der Waals surface area contributed by atoms with Gasteiger partial charge in [0.25, 0.3) is 0 Å². The average molecular weight is 394 g/mol. The number of anilines is 1. The van der Waals surface area contributed by atoms with Crippen LogP contribution < -0.4 is 10.0 Å². The van der Waals surface area contributed by atoms with E-state index in [0.717, 1.165) is 22.3 Å². The lowest BCUT2D eigenvalue weighted by Crippen LogP contribution is -2.41. The van der Waals surface area contributed by atoms with Crippen molar-refractivity contribution in [1.29, 1.82) is 0 Å². The first-order valence-electron chi connectivity index (χ1n) is 9.95. The predicted molar refractivity (Wildman–Crippen MR) is 107 cm³/mol. The van der Waals surface area contributed by atoms with E-state index < -0.39 is 17.8 Å². The fraction of sp³-hybridized carbons (Fsp3) is 0.160. The third-order valence-corrected chi connectivity index (χ3v) is 6.81. The number of carboxylic acids is 1. The molecule has 2 unspecified atom stereocenters. The van der Waals surface area contributed by atoms with Gasteiger partial charge >= 0.3 is 0 Å². The second-order valence-electron chi connectivity index (χ2n) is 8.11. The lowest BCUT2D eigenvalue weighted by atomic mass is 9.55. The highest BCUT2D eigenvalue weighted by molar-refractivity contribution is 6.23. The van der Waals surface area contributed by atoms with E-state index in [-0.39, 0.29) is 29.2 Å². The highest BCUT2D eigenvalue weighted by atomic mass is 16.4. The van der Waals surface area contributed by atoms with E-state index in [4.69, 9.17) is 0 Å². The second-order valence-corrected chi connectivity index (χ2v) is 8.11. The molecule has 2 atom stereocenters. The molecule has 0 radical (unpaired) electrons. The Kier molecular flexibility index (Phi) is 3.37. The zero-order chi connectivity index (χ0) is 20.6. The number of carbonyl (C=O) groups is 3. The minimum absolute atomic E-state index is 0.00939. The Morgan fingerprint density at radius 3 is 1.43 bits per heavy atom. The van der Waals surface area contributed by atoms with Crippen molar-refractivity contribution >= 4 is 23.5 Å². The van der Waals surface area contributed by atoms with Gasteiger partial charge in [-0.1, -0.05) is 60.7 Å². The quantitative estimate of drug-likeness (QED) is 0.626. The Hall–Kier alpha value is -3.73. The number of amides is 2. The topological polar surface area (TPSA) is 77.5 Å². The molecular formula is C25H16NO4-. The van der Waals surface area contributed by atoms with E-state index >= 15 is 0 Å². The number of carbonyl (C=O) groups excluding carboxylic acids is 3. The lowest BCUT2D eigenvalue weighted by Gasteiger charge is -2.45. The summed E-state index contributed by atoms with van der Waals surface area (Å²) in [5.74, 6) is -2.94. The molecule has 1 heterocycles. The molecular weight excluding hydrogens is 378 g/mol. The van der Waals surface area contributed by atoms with Crippen molar-refractivity contribution in [3.05, 3.63) is 101 Å². The van der Waals surface area contributed by atoms with Crippen molar-refractivity contribution in [3.8, 4) is 0 Å². The number of benzene rings is 3. The number of aromatic carboxylic acids is 1. The predicted octanol–water partition coefficient (Wildman–Crippen LogP) is 2.45. The SMILES string of the molecule is O=C([O-])c1ccc(N2C(=O)C3C4c5ccccc5C(c5ccccc54)C3C2=O)cc1. The van der Waals surface area contributed by atoms with Crippen molar-refractivity contribution in [3.63, 3.8) is 0 Å². The summed E-state index contributed by atoms with van der Waals surface area (Å²) in [6.07, 6.45) is 0. The number of imide groups is 1. The van der Waals surface area contributed by atoms with Gasteiger partial charge < -0.3 is 9.90 Å². The molecule has 1 saturated heterocycles. The highest BCUT2D eigenvalue weighted by Crippen LogP contribution is 2.61. The van der Waals surface area contributed by atoms with E-state index in [1.807, 2.05) is 24.3 Å². The van der Waals surface area contributed by atoms with E-state index in [2.05, 4.69) is 24.3 Å². The normalized spacial score (nSPS) is 25.7. The molecule has 1 aliphatic heterocycles. The van der Waals surface area contributed by atoms with Crippen molar-refractivity contribution in [1.82, 2.24) is 0 Å². The number of carboxylic acid groups (broad SMARTS) is 1. The molecule has 2 amide bonds. The Balaban J connectivity index is 1.51. The Bertz CT molecular complexity index is 1130. The second kappa shape index (κ2) is 5.89. The van der Waals surface area contributed by atoms with Gasteiger partial charge in [-0.3, -0.25) is 9.59 Å². The van der Waals surface area contributed by atoms with Gasteiger partial charge in [0.15, 0.2) is 0 Å². The molecule has 1 fully saturated rings. The molecule has 0 aromatic heterocycles. The van der Waals surface area contributed by atoms with Crippen LogP contribution in [0.15, 0.2) is 72.8 Å². The standard InChI is InChI=1S/C25H17NO4/c27-23-21-19-15-5-1-2-6-16(15)20(18-8-4-3-7-17(18)19)22(21)24(28)26(23)14-11-9-13(10-12-14)25(29)30/h1-12,19-22H,(H,29,30)/p-1. The molecule has 3 aliphatic carbocycles. The van der Waals surface area contributed by atoms with Crippen LogP contribution in [0.25, 0.3) is 0 Å². The Morgan fingerprint density at radius 1 is 0.667 bits per heavy atom. The fourth-order valence-electron chi connectivity index (χ4n) is 5.68. The summed E-state index contributed by atoms with van der Waals surface area (Å²) < 4.78 is 0. The monoisotopic (exact) mass is 394 g/mol. The molecule has 0 spiro atoms. The van der Waals surface area contributed by atoms with E-state index in [0.29, 0.717) is 5.69 Å². The molecule has 3 aromatic rings. The maximum absolute atomic E-state index is 13.6. The molecule has 5 nitrogen and oxygen atoms in total. The van der Waals surface area contributed by atoms with E-state index in [1.54, 1.807) is 0 Å². The van der Waals surface area contributed by atoms with Crippen molar-refractivity contribution < 1.29 is 19.5 Å². The molecule has 4 aliphatic rings. The molecule has 0 N–H and O–H groups in total. The van der Waals surface area contributed by atoms with Gasteiger partial charge in [0.2, 0.25) is 11.8 Å². The first kappa shape index (κ1) is 17.2. The van der Waals surface area contributed by atoms with Crippen molar-refractivity contribution in [2.45, 2.75) is 11.8 Å². The maximum Gasteiger partial charge on any atom is 0.238 e. The van der Waals surface area contributed by atoms with Crippen molar-refractivity contribution in [2.75, 3.05) is 4.90 Å². The van der Waals surface area contributed by atoms with Gasteiger partial charge in [-0.25, -0.2) is 4.90 Å². The molecule has 146 valence electrons. The summed E-state index contributed by atoms with van der Waals surface area (Å²) in [6.45, 7) is 0. The lowest BCUT2D eigenvalue weighted by molar-refractivity contribution is -0.255. The third kappa shape index (κ3) is 2.04. The molecule has 5 heteroatoms. The maximum atomic E-state index is 13.6. The van der Waals surface area contributed by atoms with Crippen LogP contribution in [-0.2, 0) is 9.59 Å². The third-order valence-electron chi connectivity index (χ3n) is 6.81. The fourth-order valence-corrected chi connectivity index (χ4v) is 5.68. The van der Waals surface area contributed by atoms with Crippen LogP contribution in [0.4, 0.5) is 5.69 Å². The van der Waals surface area contributed by atoms with Gasteiger partial charge in [-0.2, -0.15) is 0 Å². The minimum Gasteiger partial charge on any atom is -0.545 e. The highest BCUT2D eigenvalue weighted by Gasteiger charge is 2.61. The smallest absolute Gasteiger partial charge is 0.238 e. The van der Waals surface area contributed by atoms with Crippen LogP contribution in [-0.4, -0.2) is 17.8 Å². The molecule has 0 saturated carbocycles. The zero-order valence-electron chi connectivity index (χ0n) is 15.8. The van der Waals surface area contributed by atoms with Crippen LogP contribution >= 0.6 is 0 Å². The summed E-state index contributed by atoms with van der Waals surface area (Å²) in [5.41, 5.74) is 4.90. The average Bonchev–Trinajstić information content (AvgIpc) is 3.04. The van der Waals surface area contributed by atoms with Crippen LogP contribution in [0, 0.1) is 11.8 Å². The van der Waals surface area contributed by atoms with Gasteiger partial charge in [-0.15, -0.1) is 0 Å². The first-order chi connectivity index (χ1) is 14.6. The Labute approximate surface area is 172 Å². The molecule has 3 aromatic carbocycles. The Morgan fingerprint density at radius 2 is 1.07 bits per heavy atom. The zero-order valence-corrected chi connectivity index (χ0v) is 15.8. The van der Waals surface area contributed by atoms with Gasteiger partial charge in [0.05, 0.1) is 23.5 Å². The van der Waals surface area contributed by atoms with Gasteiger partial charge in [0, 0.05) is 11.8 Å². The van der Waals surface area contributed by atoms with Crippen molar-refractivity contribution in [2.24, 2.45) is 11.8 Å². The number of hydrogen-bond donors (Lipinski definition) is 0. The van der Waals surface area contributed by atoms with E-state index in [9.17, 15) is 19.5 Å². The summed E-state index contributed by atoms with van der Waals surface area (Å²) in [7, 11) is 0. The minimum atomic E-state index is -1.29. The van der Waals surface area contributed by atoms with Gasteiger partial charge in [-0.05, 0) is 39.9 Å². The van der Waals surface area contributed by atoms with Crippen LogP contribution in [0.3, 0.4) is 0 Å². The number of hydrogen-bond acceptors (Lipinski definition) is 4. The van der Waals surface area contributed by atoms with Crippen LogP contribution in [0.2, 0.25) is 0 Å². The van der Waals surface area contributed by atoms with Crippen LogP contribution in [0.5, 0.6) is 0 Å². The molecule has 2 bridgehead atoms. The molecule has 30 heavy (non-hydrogen) atoms. The first-order valence-corrected chi connectivity index (χ1v) is 9.95. The van der Waals surface area contributed by atoms with Crippen LogP contribution in [0.1, 0.15) is 44.4 Å². The summed E-state index contributed by atoms with van der Waals surface area (Å²) >= 11 is 0. The number of rotatable bonds is 2. The summed E-state index contributed by atoms with van der Waals surface area (Å²) in [4.78, 5) is 39.4.